The summed E-state index contributed by atoms with van der Waals surface area (Å²) in [6.45, 7) is -3.39. The lowest BCUT2D eigenvalue weighted by atomic mass is 10.3. The monoisotopic (exact) mass is 170 g/mol. The smallest absolute Gasteiger partial charge is 0.345 e. The lowest BCUT2D eigenvalue weighted by Gasteiger charge is -2.04. The van der Waals surface area contributed by atoms with E-state index < -0.39 is 25.3 Å². The molecule has 0 saturated heterocycles. The van der Waals surface area contributed by atoms with Crippen molar-refractivity contribution < 1.29 is 28.5 Å². The molecule has 0 aliphatic rings. The predicted octanol–water partition coefficient (Wildman–Crippen LogP) is 0.0612. The summed E-state index contributed by atoms with van der Waals surface area (Å²) >= 11 is 0. The number of rotatable bonds is 5. The number of halogens is 2. The molecule has 0 bridgehead atoms. The number of aliphatic carboxylic acids is 1. The Kier molecular flexibility index (Phi) is 4.64. The van der Waals surface area contributed by atoms with Gasteiger partial charge < -0.3 is 14.9 Å². The molecule has 0 aliphatic carbocycles. The quantitative estimate of drug-likeness (QED) is 0.612. The van der Waals surface area contributed by atoms with Crippen LogP contribution in [0.25, 0.3) is 0 Å². The first-order chi connectivity index (χ1) is 5.04. The molecule has 4 nitrogen and oxygen atoms in total. The average Bonchev–Trinajstić information content (AvgIpc) is 1.86. The summed E-state index contributed by atoms with van der Waals surface area (Å²) in [6, 6.07) is 0. The number of carboxylic acid groups (broad SMARTS) is 1. The average molecular weight is 170 g/mol. The van der Waals surface area contributed by atoms with E-state index in [-0.39, 0.29) is 6.42 Å². The maximum absolute atomic E-state index is 11.2. The van der Waals surface area contributed by atoms with Crippen LogP contribution in [0, 0.1) is 0 Å². The van der Waals surface area contributed by atoms with Crippen LogP contribution in [0.2, 0.25) is 0 Å². The van der Waals surface area contributed by atoms with Crippen molar-refractivity contribution in [1.82, 2.24) is 0 Å². The summed E-state index contributed by atoms with van der Waals surface area (Å²) in [5.74, 6) is -1.44. The van der Waals surface area contributed by atoms with E-state index in [1.165, 1.54) is 0 Å². The SMILES string of the molecule is O=C(O)[C@H](O)CCOC(F)F. The minimum atomic E-state index is -2.92. The van der Waals surface area contributed by atoms with E-state index in [0.717, 1.165) is 0 Å². The molecule has 0 spiro atoms. The Morgan fingerprint density at radius 2 is 2.09 bits per heavy atom. The van der Waals surface area contributed by atoms with E-state index in [2.05, 4.69) is 4.74 Å². The van der Waals surface area contributed by atoms with E-state index in [1.54, 1.807) is 0 Å². The van der Waals surface area contributed by atoms with Gasteiger partial charge in [0, 0.05) is 6.42 Å². The van der Waals surface area contributed by atoms with Gasteiger partial charge >= 0.3 is 12.6 Å². The van der Waals surface area contributed by atoms with Crippen molar-refractivity contribution in [3.8, 4) is 0 Å². The van der Waals surface area contributed by atoms with Crippen LogP contribution >= 0.6 is 0 Å². The van der Waals surface area contributed by atoms with Crippen molar-refractivity contribution in [2.75, 3.05) is 6.61 Å². The normalized spacial score (nSPS) is 13.5. The fraction of sp³-hybridized carbons (Fsp3) is 0.800. The van der Waals surface area contributed by atoms with E-state index in [1.807, 2.05) is 0 Å². The highest BCUT2D eigenvalue weighted by atomic mass is 19.3. The van der Waals surface area contributed by atoms with E-state index in [0.29, 0.717) is 0 Å². The lowest BCUT2D eigenvalue weighted by molar-refractivity contribution is -0.154. The van der Waals surface area contributed by atoms with Crippen LogP contribution in [0.1, 0.15) is 6.42 Å². The minimum Gasteiger partial charge on any atom is -0.479 e. The fourth-order valence-electron chi connectivity index (χ4n) is 0.392. The van der Waals surface area contributed by atoms with Crippen molar-refractivity contribution in [3.63, 3.8) is 0 Å². The van der Waals surface area contributed by atoms with Gasteiger partial charge in [0.15, 0.2) is 6.10 Å². The molecule has 0 fully saturated rings. The highest BCUT2D eigenvalue weighted by Gasteiger charge is 2.13. The molecule has 0 aromatic heterocycles. The Morgan fingerprint density at radius 3 is 2.45 bits per heavy atom. The molecule has 0 saturated carbocycles. The molecule has 6 heteroatoms. The molecule has 0 radical (unpaired) electrons. The number of hydrogen-bond acceptors (Lipinski definition) is 3. The molecule has 2 N–H and O–H groups in total. The van der Waals surface area contributed by atoms with Crippen molar-refractivity contribution in [2.45, 2.75) is 19.1 Å². The summed E-state index contributed by atoms with van der Waals surface area (Å²) in [5.41, 5.74) is 0. The highest BCUT2D eigenvalue weighted by molar-refractivity contribution is 5.71. The first-order valence-electron chi connectivity index (χ1n) is 2.84. The van der Waals surface area contributed by atoms with Crippen LogP contribution in [-0.2, 0) is 9.53 Å². The van der Waals surface area contributed by atoms with E-state index in [4.69, 9.17) is 10.2 Å². The summed E-state index contributed by atoms with van der Waals surface area (Å²) in [7, 11) is 0. The molecule has 0 aliphatic heterocycles. The third kappa shape index (κ3) is 5.68. The van der Waals surface area contributed by atoms with E-state index >= 15 is 0 Å². The van der Waals surface area contributed by atoms with Gasteiger partial charge in [0.25, 0.3) is 0 Å². The van der Waals surface area contributed by atoms with Gasteiger partial charge in [-0.3, -0.25) is 0 Å². The summed E-state index contributed by atoms with van der Waals surface area (Å²) in [5, 5.41) is 16.6. The van der Waals surface area contributed by atoms with Crippen LogP contribution in [0.15, 0.2) is 0 Å². The molecule has 66 valence electrons. The van der Waals surface area contributed by atoms with Gasteiger partial charge in [-0.1, -0.05) is 0 Å². The van der Waals surface area contributed by atoms with E-state index in [9.17, 15) is 13.6 Å². The molecule has 0 rings (SSSR count). The minimum absolute atomic E-state index is 0.334. The summed E-state index contributed by atoms with van der Waals surface area (Å²) in [4.78, 5) is 9.88. The highest BCUT2D eigenvalue weighted by Crippen LogP contribution is 1.98. The maximum Gasteiger partial charge on any atom is 0.345 e. The Hall–Kier alpha value is -0.750. The number of alkyl halides is 2. The van der Waals surface area contributed by atoms with Gasteiger partial charge in [-0.25, -0.2) is 4.79 Å². The largest absolute Gasteiger partial charge is 0.479 e. The van der Waals surface area contributed by atoms with Crippen LogP contribution in [0.5, 0.6) is 0 Å². The summed E-state index contributed by atoms with van der Waals surface area (Å²) < 4.78 is 26.2. The van der Waals surface area contributed by atoms with Crippen molar-refractivity contribution >= 4 is 5.97 Å². The second kappa shape index (κ2) is 4.97. The fourth-order valence-corrected chi connectivity index (χ4v) is 0.392. The van der Waals surface area contributed by atoms with Crippen LogP contribution in [0.4, 0.5) is 8.78 Å². The molecular weight excluding hydrogens is 162 g/mol. The molecule has 0 heterocycles. The van der Waals surface area contributed by atoms with Gasteiger partial charge in [0.1, 0.15) is 0 Å². The van der Waals surface area contributed by atoms with Crippen LogP contribution in [-0.4, -0.2) is 35.5 Å². The first-order valence-corrected chi connectivity index (χ1v) is 2.84. The third-order valence-corrected chi connectivity index (χ3v) is 0.920. The number of aliphatic hydroxyl groups excluding tert-OH is 1. The predicted molar refractivity (Wildman–Crippen MR) is 30.2 cm³/mol. The van der Waals surface area contributed by atoms with Crippen LogP contribution in [0.3, 0.4) is 0 Å². The molecule has 0 unspecified atom stereocenters. The molecule has 0 aromatic rings. The number of carbonyl (C=O) groups is 1. The Morgan fingerprint density at radius 1 is 1.55 bits per heavy atom. The molecular formula is C5H8F2O4. The van der Waals surface area contributed by atoms with Gasteiger partial charge in [0.05, 0.1) is 6.61 Å². The van der Waals surface area contributed by atoms with Crippen molar-refractivity contribution in [1.29, 1.82) is 0 Å². The zero-order valence-electron chi connectivity index (χ0n) is 5.54. The maximum atomic E-state index is 11.2. The second-order valence-corrected chi connectivity index (χ2v) is 1.77. The Balaban J connectivity index is 3.31. The zero-order valence-corrected chi connectivity index (χ0v) is 5.54. The second-order valence-electron chi connectivity index (χ2n) is 1.77. The number of aliphatic hydroxyl groups is 1. The van der Waals surface area contributed by atoms with Crippen molar-refractivity contribution in [2.24, 2.45) is 0 Å². The van der Waals surface area contributed by atoms with Gasteiger partial charge in [-0.05, 0) is 0 Å². The summed E-state index contributed by atoms with van der Waals surface area (Å²) in [6.07, 6.45) is -1.96. The van der Waals surface area contributed by atoms with Crippen molar-refractivity contribution in [3.05, 3.63) is 0 Å². The standard InChI is InChI=1S/C5H8F2O4/c6-5(7)11-2-1-3(8)4(9)10/h3,5,8H,1-2H2,(H,9,10)/t3-/m1/s1. The topological polar surface area (TPSA) is 66.8 Å². The van der Waals surface area contributed by atoms with Gasteiger partial charge in [0.2, 0.25) is 0 Å². The molecule has 1 atom stereocenters. The Labute approximate surface area is 61.4 Å². The number of carboxylic acids is 1. The van der Waals surface area contributed by atoms with Crippen LogP contribution < -0.4 is 0 Å². The third-order valence-electron chi connectivity index (χ3n) is 0.920. The zero-order chi connectivity index (χ0) is 8.85. The number of ether oxygens (including phenoxy) is 1. The Bertz CT molecular complexity index is 128. The van der Waals surface area contributed by atoms with Gasteiger partial charge in [-0.2, -0.15) is 8.78 Å². The molecule has 0 aromatic carbocycles. The first kappa shape index (κ1) is 10.2. The lowest BCUT2D eigenvalue weighted by Crippen LogP contribution is -2.21. The number of hydrogen-bond donors (Lipinski definition) is 2. The molecule has 11 heavy (non-hydrogen) atoms. The molecule has 0 amide bonds. The van der Waals surface area contributed by atoms with Gasteiger partial charge in [-0.15, -0.1) is 0 Å².